The molecule has 0 aromatic carbocycles. The Kier molecular flexibility index (Phi) is 4.84. The number of rotatable bonds is 3. The average molecular weight is 263 g/mol. The van der Waals surface area contributed by atoms with Crippen molar-refractivity contribution in [2.24, 2.45) is 0 Å². The van der Waals surface area contributed by atoms with Crippen molar-refractivity contribution in [3.05, 3.63) is 16.9 Å². The zero-order valence-electron chi connectivity index (χ0n) is 5.05. The molecule has 0 atom stereocenters. The molecule has 0 bridgehead atoms. The van der Waals surface area contributed by atoms with E-state index in [-0.39, 0.29) is 0 Å². The Morgan fingerprint density at radius 2 is 1.50 bits per heavy atom. The summed E-state index contributed by atoms with van der Waals surface area (Å²) in [5, 5.41) is 0. The highest BCUT2D eigenvalue weighted by atomic mass is 35.5. The monoisotopic (exact) mass is 261 g/mol. The second-order valence-electron chi connectivity index (χ2n) is 1.41. The van der Waals surface area contributed by atoms with E-state index in [1.54, 1.807) is 0 Å². The zero-order valence-corrected chi connectivity index (χ0v) is 8.08. The van der Waals surface area contributed by atoms with Gasteiger partial charge in [0.2, 0.25) is 4.84 Å². The van der Waals surface area contributed by atoms with Crippen LogP contribution in [0.5, 0.6) is 0 Å². The third-order valence-corrected chi connectivity index (χ3v) is 2.04. The molecule has 0 rings (SSSR count). The average Bonchev–Trinajstić information content (AvgIpc) is 1.85. The van der Waals surface area contributed by atoms with Gasteiger partial charge < -0.3 is 4.74 Å². The van der Waals surface area contributed by atoms with E-state index in [2.05, 4.69) is 4.74 Å². The smallest absolute Gasteiger partial charge is 0.342 e. The lowest BCUT2D eigenvalue weighted by molar-refractivity contribution is 0.0920. The van der Waals surface area contributed by atoms with Crippen LogP contribution in [0.4, 0.5) is 13.2 Å². The predicted molar refractivity (Wildman–Crippen MR) is 40.8 cm³/mol. The Morgan fingerprint density at radius 1 is 1.08 bits per heavy atom. The van der Waals surface area contributed by atoms with Gasteiger partial charge in [0.05, 0.1) is 0 Å². The number of alkyl halides is 2. The molecular weight excluding hydrogens is 263 g/mol. The molecule has 0 saturated heterocycles. The Labute approximate surface area is 86.0 Å². The highest BCUT2D eigenvalue weighted by molar-refractivity contribution is 6.64. The second kappa shape index (κ2) is 4.65. The van der Waals surface area contributed by atoms with Gasteiger partial charge >= 0.3 is 12.1 Å². The summed E-state index contributed by atoms with van der Waals surface area (Å²) in [5.74, 6) is 0. The van der Waals surface area contributed by atoms with Crippen molar-refractivity contribution in [2.75, 3.05) is 0 Å². The van der Waals surface area contributed by atoms with E-state index in [4.69, 9.17) is 46.4 Å². The van der Waals surface area contributed by atoms with Gasteiger partial charge in [0.25, 0.3) is 4.52 Å². The zero-order chi connectivity index (χ0) is 9.94. The lowest BCUT2D eigenvalue weighted by Gasteiger charge is -2.18. The van der Waals surface area contributed by atoms with Gasteiger partial charge in [-0.15, -0.1) is 0 Å². The summed E-state index contributed by atoms with van der Waals surface area (Å²) in [6, 6.07) is -2.24. The molecule has 0 aromatic rings. The Balaban J connectivity index is 4.36. The summed E-state index contributed by atoms with van der Waals surface area (Å²) in [7, 11) is 0. The summed E-state index contributed by atoms with van der Waals surface area (Å²) in [6.07, 6.45) is -2.71. The first-order chi connectivity index (χ1) is 5.27. The van der Waals surface area contributed by atoms with Gasteiger partial charge in [-0.1, -0.05) is 46.4 Å². The van der Waals surface area contributed by atoms with Crippen LogP contribution in [-0.2, 0) is 4.74 Å². The van der Waals surface area contributed by atoms with E-state index >= 15 is 0 Å². The van der Waals surface area contributed by atoms with E-state index in [0.29, 0.717) is 0 Å². The maximum Gasteiger partial charge on any atom is 0.342 e. The van der Waals surface area contributed by atoms with E-state index in [9.17, 15) is 13.2 Å². The molecule has 0 aliphatic heterocycles. The lowest BCUT2D eigenvalue weighted by atomic mass is 10.8. The summed E-state index contributed by atoms with van der Waals surface area (Å²) in [6.45, 7) is 0. The molecule has 0 aromatic heterocycles. The number of hydrogen-bond acceptors (Lipinski definition) is 1. The fourth-order valence-corrected chi connectivity index (χ4v) is 0.402. The Morgan fingerprint density at radius 3 is 1.75 bits per heavy atom. The molecule has 1 radical (unpaired) electrons. The second-order valence-corrected chi connectivity index (χ2v) is 3.62. The van der Waals surface area contributed by atoms with Crippen LogP contribution in [0.3, 0.4) is 0 Å². The molecule has 71 valence electrons. The summed E-state index contributed by atoms with van der Waals surface area (Å²) in [4.78, 5) is -0.803. The predicted octanol–water partition coefficient (Wildman–Crippen LogP) is 4.14. The van der Waals surface area contributed by atoms with E-state index in [1.807, 2.05) is 0 Å². The normalized spacial score (nSPS) is 11.7. The van der Waals surface area contributed by atoms with E-state index in [1.165, 1.54) is 0 Å². The summed E-state index contributed by atoms with van der Waals surface area (Å²) in [5.41, 5.74) is 0. The van der Waals surface area contributed by atoms with Crippen molar-refractivity contribution >= 4 is 46.4 Å². The van der Waals surface area contributed by atoms with Crippen LogP contribution in [0.15, 0.2) is 12.1 Å². The van der Waals surface area contributed by atoms with Gasteiger partial charge in [0.1, 0.15) is 0 Å². The highest BCUT2D eigenvalue weighted by Crippen LogP contribution is 2.41. The maximum atomic E-state index is 12.0. The van der Waals surface area contributed by atoms with Crippen molar-refractivity contribution < 1.29 is 17.9 Å². The van der Waals surface area contributed by atoms with Crippen LogP contribution in [-0.4, -0.2) is 4.52 Å². The molecule has 0 N–H and O–H groups in total. The molecule has 12 heavy (non-hydrogen) atoms. The third kappa shape index (κ3) is 3.94. The van der Waals surface area contributed by atoms with Crippen molar-refractivity contribution in [1.29, 1.82) is 0 Å². The van der Waals surface area contributed by atoms with Crippen LogP contribution in [0.1, 0.15) is 0 Å². The molecule has 0 unspecified atom stereocenters. The maximum absolute atomic E-state index is 12.0. The van der Waals surface area contributed by atoms with Crippen molar-refractivity contribution in [1.82, 2.24) is 0 Å². The fraction of sp³-hybridized carbons (Fsp3) is 0.250. The summed E-state index contributed by atoms with van der Waals surface area (Å²) >= 11 is 20.0. The molecule has 0 spiro atoms. The number of hydrogen-bond donors (Lipinski definition) is 0. The highest BCUT2D eigenvalue weighted by Gasteiger charge is 2.38. The van der Waals surface area contributed by atoms with E-state index < -0.39 is 21.4 Å². The van der Waals surface area contributed by atoms with Crippen LogP contribution in [0, 0.1) is 4.84 Å². The van der Waals surface area contributed by atoms with Crippen LogP contribution >= 0.6 is 46.4 Å². The molecule has 0 fully saturated rings. The number of halogens is 7. The van der Waals surface area contributed by atoms with Gasteiger partial charge in [0, 0.05) is 0 Å². The van der Waals surface area contributed by atoms with Crippen molar-refractivity contribution in [3.63, 3.8) is 0 Å². The largest absolute Gasteiger partial charge is 0.426 e. The van der Waals surface area contributed by atoms with Gasteiger partial charge in [-0.3, -0.25) is 0 Å². The first-order valence-electron chi connectivity index (χ1n) is 2.23. The van der Waals surface area contributed by atoms with Crippen molar-refractivity contribution in [2.45, 2.75) is 4.52 Å². The van der Waals surface area contributed by atoms with Crippen LogP contribution in [0.2, 0.25) is 0 Å². The molecular formula is C4Cl4F3O. The molecule has 8 heteroatoms. The SMILES string of the molecule is FC(F)=C(F)OC(Cl)(Cl)[C](Cl)Cl. The van der Waals surface area contributed by atoms with Crippen LogP contribution in [0.25, 0.3) is 0 Å². The van der Waals surface area contributed by atoms with Gasteiger partial charge in [-0.2, -0.15) is 13.2 Å². The molecule has 0 heterocycles. The molecule has 0 aliphatic carbocycles. The number of ether oxygens (including phenoxy) is 1. The van der Waals surface area contributed by atoms with Gasteiger partial charge in [-0.05, 0) is 0 Å². The first kappa shape index (κ1) is 12.5. The molecule has 1 nitrogen and oxygen atoms in total. The fourth-order valence-electron chi connectivity index (χ4n) is 0.190. The van der Waals surface area contributed by atoms with Gasteiger partial charge in [-0.25, -0.2) is 0 Å². The first-order valence-corrected chi connectivity index (χ1v) is 3.74. The topological polar surface area (TPSA) is 9.23 Å². The van der Waals surface area contributed by atoms with Crippen LogP contribution < -0.4 is 0 Å². The third-order valence-electron chi connectivity index (χ3n) is 0.586. The minimum Gasteiger partial charge on any atom is -0.426 e. The standard InChI is InChI=1S/C4Cl4F3O/c5-3(6)4(7,8)12-2(11)1(9)10. The van der Waals surface area contributed by atoms with Gasteiger partial charge in [0.15, 0.2) is 0 Å². The van der Waals surface area contributed by atoms with E-state index in [0.717, 1.165) is 0 Å². The summed E-state index contributed by atoms with van der Waals surface area (Å²) < 4.78 is 35.9. The quantitative estimate of drug-likeness (QED) is 0.549. The van der Waals surface area contributed by atoms with Crippen molar-refractivity contribution in [3.8, 4) is 0 Å². The Bertz CT molecular complexity index is 189. The minimum absolute atomic E-state index is 0.803. The molecule has 0 aliphatic rings. The minimum atomic E-state index is -2.71. The lowest BCUT2D eigenvalue weighted by Crippen LogP contribution is -2.19. The molecule has 0 amide bonds. The Hall–Kier alpha value is 0.490. The molecule has 0 saturated carbocycles.